The molecule has 0 nitrogen and oxygen atoms in total. The van der Waals surface area contributed by atoms with E-state index in [1.807, 2.05) is 3.27 Å². The summed E-state index contributed by atoms with van der Waals surface area (Å²) in [7, 11) is 0. The van der Waals surface area contributed by atoms with Gasteiger partial charge in [-0.1, -0.05) is 0 Å². The van der Waals surface area contributed by atoms with E-state index in [9.17, 15) is 0 Å². The van der Waals surface area contributed by atoms with Gasteiger partial charge in [-0.15, -0.1) is 0 Å². The Bertz CT molecular complexity index is 506. The summed E-state index contributed by atoms with van der Waals surface area (Å²) in [5.74, 6) is 0. The fourth-order valence-electron chi connectivity index (χ4n) is 3.29. The van der Waals surface area contributed by atoms with Crippen molar-refractivity contribution < 1.29 is 35.5 Å². The van der Waals surface area contributed by atoms with Gasteiger partial charge in [-0.05, 0) is 0 Å². The van der Waals surface area contributed by atoms with Crippen molar-refractivity contribution in [2.75, 3.05) is 0 Å². The van der Waals surface area contributed by atoms with Crippen LogP contribution < -0.4 is 0 Å². The molecule has 0 fully saturated rings. The molecule has 0 aromatic carbocycles. The zero-order valence-electron chi connectivity index (χ0n) is 12.1. The molecule has 0 bridgehead atoms. The first-order valence-corrected chi connectivity index (χ1v) is 11.9. The number of hydrogen-bond acceptors (Lipinski definition) is 0. The second-order valence-corrected chi connectivity index (χ2v) is 13.7. The van der Waals surface area contributed by atoms with Gasteiger partial charge < -0.3 is 0 Å². The molecule has 1 heteroatoms. The Morgan fingerprint density at radius 1 is 0.632 bits per heavy atom. The normalized spacial score (nSPS) is 21.6. The standard InChI is InChI=1S/3C6H7.Ce/c3*1-6-4-2-3-5-6;/h3*2,4H,3H2,1H3;. The molecule has 19 heavy (non-hydrogen) atoms. The Kier molecular flexibility index (Phi) is 4.11. The molecule has 0 amide bonds. The zero-order chi connectivity index (χ0) is 13.4. The second kappa shape index (κ2) is 5.67. The summed E-state index contributed by atoms with van der Waals surface area (Å²) in [5, 5.41) is 0. The van der Waals surface area contributed by atoms with Crippen LogP contribution in [0.25, 0.3) is 0 Å². The van der Waals surface area contributed by atoms with Crippen molar-refractivity contribution >= 4 is 0 Å². The van der Waals surface area contributed by atoms with E-state index >= 15 is 0 Å². The van der Waals surface area contributed by atoms with Crippen molar-refractivity contribution in [2.24, 2.45) is 0 Å². The van der Waals surface area contributed by atoms with Gasteiger partial charge in [-0.2, -0.15) is 0 Å². The predicted octanol–water partition coefficient (Wildman–Crippen LogP) is 5.31. The van der Waals surface area contributed by atoms with Crippen LogP contribution in [-0.2, 0) is 0 Å². The summed E-state index contributed by atoms with van der Waals surface area (Å²) in [5.41, 5.74) is 4.71. The van der Waals surface area contributed by atoms with E-state index in [1.165, 1.54) is 19.3 Å². The molecule has 0 aliphatic heterocycles. The van der Waals surface area contributed by atoms with Gasteiger partial charge in [0.1, 0.15) is 0 Å². The summed E-state index contributed by atoms with van der Waals surface area (Å²) in [6.07, 6.45) is 17.8. The Morgan fingerprint density at radius 3 is 1.16 bits per heavy atom. The SMILES string of the molecule is CC1=[C]([Ce]([C]2=C(C)C=CC2)[C]2=C(C)C=CC2)CC=C1. The van der Waals surface area contributed by atoms with Crippen molar-refractivity contribution in [1.82, 2.24) is 0 Å². The van der Waals surface area contributed by atoms with Gasteiger partial charge >= 0.3 is 132 Å². The second-order valence-electron chi connectivity index (χ2n) is 5.68. The van der Waals surface area contributed by atoms with Gasteiger partial charge in [0.15, 0.2) is 0 Å². The average Bonchev–Trinajstić information content (AvgIpc) is 3.07. The molecule has 0 radical (unpaired) electrons. The van der Waals surface area contributed by atoms with Crippen LogP contribution in [0.1, 0.15) is 40.0 Å². The molecule has 0 N–H and O–H groups in total. The number of rotatable bonds is 3. The molecular formula is C18H21Ce. The predicted molar refractivity (Wildman–Crippen MR) is 79.4 cm³/mol. The van der Waals surface area contributed by atoms with E-state index < -0.39 is 35.5 Å². The Morgan fingerprint density at radius 2 is 0.947 bits per heavy atom. The van der Waals surface area contributed by atoms with Crippen molar-refractivity contribution in [1.29, 1.82) is 0 Å². The molecule has 0 saturated heterocycles. The fraction of sp³-hybridized carbons (Fsp3) is 0.333. The monoisotopic (exact) mass is 377 g/mol. The molecule has 3 rings (SSSR count). The quantitative estimate of drug-likeness (QED) is 0.625. The van der Waals surface area contributed by atoms with E-state index in [0.717, 1.165) is 0 Å². The molecule has 0 aromatic rings. The topological polar surface area (TPSA) is 0 Å². The van der Waals surface area contributed by atoms with Crippen molar-refractivity contribution in [3.05, 3.63) is 56.4 Å². The molecule has 0 atom stereocenters. The number of hydrogen-bond donors (Lipinski definition) is 0. The van der Waals surface area contributed by atoms with Crippen LogP contribution in [0.2, 0.25) is 0 Å². The van der Waals surface area contributed by atoms with Gasteiger partial charge in [0.25, 0.3) is 0 Å². The van der Waals surface area contributed by atoms with Crippen LogP contribution >= 0.6 is 0 Å². The number of allylic oxidation sites excluding steroid dienone is 12. The summed E-state index contributed by atoms with van der Waals surface area (Å²) in [4.78, 5) is 0. The molecule has 0 saturated carbocycles. The maximum absolute atomic E-state index is 2.37. The zero-order valence-corrected chi connectivity index (χ0v) is 15.2. The third-order valence-corrected chi connectivity index (χ3v) is 15.7. The summed E-state index contributed by atoms with van der Waals surface area (Å²) in [6, 6.07) is 0. The van der Waals surface area contributed by atoms with E-state index in [1.54, 1.807) is 16.7 Å². The first kappa shape index (κ1) is 13.8. The van der Waals surface area contributed by atoms with Crippen LogP contribution in [-0.4, -0.2) is 0 Å². The molecule has 0 heterocycles. The van der Waals surface area contributed by atoms with Gasteiger partial charge in [0.2, 0.25) is 0 Å². The van der Waals surface area contributed by atoms with Crippen molar-refractivity contribution in [2.45, 2.75) is 40.0 Å². The minimum absolute atomic E-state index is 1.22. The Hall–Kier alpha value is -0.183. The fourth-order valence-corrected chi connectivity index (χ4v) is 14.3. The first-order chi connectivity index (χ1) is 9.18. The van der Waals surface area contributed by atoms with Crippen LogP contribution in [0.5, 0.6) is 0 Å². The van der Waals surface area contributed by atoms with E-state index in [-0.39, 0.29) is 0 Å². The van der Waals surface area contributed by atoms with Gasteiger partial charge in [-0.25, -0.2) is 0 Å². The van der Waals surface area contributed by atoms with E-state index in [2.05, 4.69) is 57.2 Å². The molecule has 0 spiro atoms. The molecule has 0 unspecified atom stereocenters. The van der Waals surface area contributed by atoms with Crippen LogP contribution in [0.3, 0.4) is 0 Å². The molecular weight excluding hydrogens is 356 g/mol. The van der Waals surface area contributed by atoms with Crippen LogP contribution in [0.15, 0.2) is 56.4 Å². The minimum atomic E-state index is -2.00. The summed E-state index contributed by atoms with van der Waals surface area (Å²) >= 11 is -2.00. The third-order valence-electron chi connectivity index (χ3n) is 4.40. The molecule has 0 aromatic heterocycles. The van der Waals surface area contributed by atoms with Crippen LogP contribution in [0, 0.1) is 35.5 Å². The van der Waals surface area contributed by atoms with E-state index in [0.29, 0.717) is 0 Å². The first-order valence-electron chi connectivity index (χ1n) is 7.15. The molecule has 3 aliphatic rings. The Labute approximate surface area is 130 Å². The average molecular weight is 377 g/mol. The summed E-state index contributed by atoms with van der Waals surface area (Å²) in [6.45, 7) is 6.96. The van der Waals surface area contributed by atoms with Crippen molar-refractivity contribution in [3.8, 4) is 0 Å². The van der Waals surface area contributed by atoms with Crippen molar-refractivity contribution in [3.63, 3.8) is 0 Å². The van der Waals surface area contributed by atoms with E-state index in [4.69, 9.17) is 0 Å². The Balaban J connectivity index is 2.06. The van der Waals surface area contributed by atoms with Gasteiger partial charge in [0.05, 0.1) is 0 Å². The molecule has 3 aliphatic carbocycles. The summed E-state index contributed by atoms with van der Waals surface area (Å²) < 4.78 is 5.50. The maximum atomic E-state index is 2.37. The van der Waals surface area contributed by atoms with Gasteiger partial charge in [-0.3, -0.25) is 0 Å². The van der Waals surface area contributed by atoms with Gasteiger partial charge in [0, 0.05) is 0 Å². The molecule has 97 valence electrons. The van der Waals surface area contributed by atoms with Crippen LogP contribution in [0.4, 0.5) is 0 Å². The third kappa shape index (κ3) is 2.55.